The lowest BCUT2D eigenvalue weighted by atomic mass is 9.92. The second-order valence-corrected chi connectivity index (χ2v) is 6.16. The van der Waals surface area contributed by atoms with Crippen molar-refractivity contribution in [1.82, 2.24) is 0 Å². The van der Waals surface area contributed by atoms with Crippen molar-refractivity contribution in [3.05, 3.63) is 11.0 Å². The van der Waals surface area contributed by atoms with Crippen LogP contribution in [0.5, 0.6) is 0 Å². The zero-order valence-corrected chi connectivity index (χ0v) is 11.7. The molecule has 0 N–H and O–H groups in total. The fourth-order valence-electron chi connectivity index (χ4n) is 3.15. The van der Waals surface area contributed by atoms with Crippen molar-refractivity contribution in [2.45, 2.75) is 46.5 Å². The van der Waals surface area contributed by atoms with Gasteiger partial charge >= 0.3 is 5.24 Å². The van der Waals surface area contributed by atoms with Gasteiger partial charge in [-0.3, -0.25) is 4.79 Å². The summed E-state index contributed by atoms with van der Waals surface area (Å²) in [4.78, 5) is 16.3. The van der Waals surface area contributed by atoms with Crippen LogP contribution in [0.4, 0.5) is 4.79 Å². The fourth-order valence-corrected chi connectivity index (χ4v) is 3.97. The number of thioether (sulfide) groups is 1. The van der Waals surface area contributed by atoms with Gasteiger partial charge in [0.1, 0.15) is 0 Å². The van der Waals surface area contributed by atoms with Crippen LogP contribution in [0.15, 0.2) is 16.0 Å². The lowest BCUT2D eigenvalue weighted by Crippen LogP contribution is -2.04. The molecular weight excluding hydrogens is 230 g/mol. The number of allylic oxidation sites excluding steroid dienone is 2. The van der Waals surface area contributed by atoms with Crippen molar-refractivity contribution >= 4 is 22.7 Å². The molecule has 1 aliphatic carbocycles. The Morgan fingerprint density at radius 2 is 1.88 bits per heavy atom. The molecule has 0 aromatic carbocycles. The summed E-state index contributed by atoms with van der Waals surface area (Å²) in [6.45, 7) is 6.53. The number of hydrogen-bond acceptors (Lipinski definition) is 2. The summed E-state index contributed by atoms with van der Waals surface area (Å²) < 4.78 is 0. The minimum Gasteiger partial charge on any atom is -0.259 e. The van der Waals surface area contributed by atoms with Gasteiger partial charge in [-0.05, 0) is 49.3 Å². The molecule has 0 aromatic heterocycles. The van der Waals surface area contributed by atoms with Crippen LogP contribution in [0.2, 0.25) is 0 Å². The van der Waals surface area contributed by atoms with E-state index in [-0.39, 0.29) is 5.24 Å². The molecule has 1 heterocycles. The van der Waals surface area contributed by atoms with Crippen LogP contribution in [0.3, 0.4) is 0 Å². The Morgan fingerprint density at radius 3 is 2.29 bits per heavy atom. The minimum absolute atomic E-state index is 0.0502. The van der Waals surface area contributed by atoms with Gasteiger partial charge < -0.3 is 0 Å². The Bertz CT molecular complexity index is 360. The van der Waals surface area contributed by atoms with Gasteiger partial charge in [-0.25, -0.2) is 4.99 Å². The lowest BCUT2D eigenvalue weighted by Gasteiger charge is -2.14. The molecule has 0 radical (unpaired) electrons. The minimum atomic E-state index is -0.0502. The highest BCUT2D eigenvalue weighted by atomic mass is 32.2. The molecule has 3 heteroatoms. The normalized spacial score (nSPS) is 35.7. The molecule has 2 aliphatic rings. The van der Waals surface area contributed by atoms with Gasteiger partial charge in [0.25, 0.3) is 0 Å². The highest BCUT2D eigenvalue weighted by molar-refractivity contribution is 8.18. The number of amides is 1. The quantitative estimate of drug-likeness (QED) is 0.730. The van der Waals surface area contributed by atoms with Gasteiger partial charge in [-0.2, -0.15) is 0 Å². The van der Waals surface area contributed by atoms with Gasteiger partial charge in [0, 0.05) is 4.91 Å². The predicted octanol–water partition coefficient (Wildman–Crippen LogP) is 4.66. The van der Waals surface area contributed by atoms with Crippen LogP contribution < -0.4 is 0 Å². The monoisotopic (exact) mass is 251 g/mol. The summed E-state index contributed by atoms with van der Waals surface area (Å²) in [6, 6.07) is 0. The summed E-state index contributed by atoms with van der Waals surface area (Å²) in [6.07, 6.45) is 7.46. The van der Waals surface area contributed by atoms with E-state index in [2.05, 4.69) is 24.9 Å². The van der Waals surface area contributed by atoms with Crippen molar-refractivity contribution in [2.75, 3.05) is 0 Å². The van der Waals surface area contributed by atoms with Gasteiger partial charge in [-0.1, -0.05) is 32.8 Å². The third kappa shape index (κ3) is 2.82. The average molecular weight is 251 g/mol. The summed E-state index contributed by atoms with van der Waals surface area (Å²) >= 11 is 1.30. The summed E-state index contributed by atoms with van der Waals surface area (Å²) in [5, 5.41) is -0.0502. The molecule has 0 spiro atoms. The summed E-state index contributed by atoms with van der Waals surface area (Å²) in [7, 11) is 0. The first-order valence-corrected chi connectivity index (χ1v) is 7.45. The Kier molecular flexibility index (Phi) is 4.08. The van der Waals surface area contributed by atoms with Crippen LogP contribution in [-0.2, 0) is 0 Å². The Balaban J connectivity index is 2.04. The van der Waals surface area contributed by atoms with E-state index in [1.807, 2.05) is 6.92 Å². The first kappa shape index (κ1) is 12.9. The van der Waals surface area contributed by atoms with Crippen molar-refractivity contribution in [1.29, 1.82) is 0 Å². The van der Waals surface area contributed by atoms with E-state index in [9.17, 15) is 4.79 Å². The Hall–Kier alpha value is -0.570. The lowest BCUT2D eigenvalue weighted by molar-refractivity contribution is 0.268. The van der Waals surface area contributed by atoms with Gasteiger partial charge in [0.05, 0.1) is 5.71 Å². The van der Waals surface area contributed by atoms with Crippen LogP contribution in [-0.4, -0.2) is 11.0 Å². The number of nitrogens with zero attached hydrogens (tertiary/aromatic N) is 1. The van der Waals surface area contributed by atoms with E-state index in [0.717, 1.165) is 22.5 Å². The first-order chi connectivity index (χ1) is 8.13. The highest BCUT2D eigenvalue weighted by Gasteiger charge is 2.31. The van der Waals surface area contributed by atoms with Crippen molar-refractivity contribution in [2.24, 2.45) is 22.7 Å². The number of rotatable bonds is 3. The van der Waals surface area contributed by atoms with Crippen molar-refractivity contribution in [3.63, 3.8) is 0 Å². The van der Waals surface area contributed by atoms with Crippen LogP contribution in [0.1, 0.15) is 46.5 Å². The maximum absolute atomic E-state index is 11.2. The maximum atomic E-state index is 11.2. The van der Waals surface area contributed by atoms with Crippen molar-refractivity contribution < 1.29 is 4.79 Å². The second kappa shape index (κ2) is 5.38. The molecule has 17 heavy (non-hydrogen) atoms. The molecule has 1 amide bonds. The molecule has 0 bridgehead atoms. The number of aliphatic imine (C=N–C) groups is 1. The van der Waals surface area contributed by atoms with E-state index >= 15 is 0 Å². The standard InChI is InChI=1S/C14H21NOS/c1-4-11-6-10(7-12(11)5-2)8-13-9(3)15-14(16)17-13/h8,10-12H,4-7H2,1-3H3/b13-8-/t10?,11-,12+. The molecule has 1 fully saturated rings. The summed E-state index contributed by atoms with van der Waals surface area (Å²) in [5.41, 5.74) is 0.910. The number of carbonyl (C=O) groups is 1. The smallest absolute Gasteiger partial charge is 0.259 e. The highest BCUT2D eigenvalue weighted by Crippen LogP contribution is 2.42. The molecule has 1 saturated carbocycles. The van der Waals surface area contributed by atoms with E-state index < -0.39 is 0 Å². The van der Waals surface area contributed by atoms with Crippen LogP contribution in [0, 0.1) is 17.8 Å². The second-order valence-electron chi connectivity index (χ2n) is 5.16. The van der Waals surface area contributed by atoms with Gasteiger partial charge in [-0.15, -0.1) is 0 Å². The van der Waals surface area contributed by atoms with Crippen LogP contribution >= 0.6 is 11.8 Å². The van der Waals surface area contributed by atoms with Crippen molar-refractivity contribution in [3.8, 4) is 0 Å². The Morgan fingerprint density at radius 1 is 1.29 bits per heavy atom. The third-order valence-corrected chi connectivity index (χ3v) is 5.04. The zero-order chi connectivity index (χ0) is 12.4. The Labute approximate surface area is 108 Å². The molecule has 0 saturated heterocycles. The number of carbonyl (C=O) groups excluding carboxylic acids is 1. The zero-order valence-electron chi connectivity index (χ0n) is 10.9. The largest absolute Gasteiger partial charge is 0.309 e. The maximum Gasteiger partial charge on any atom is 0.309 e. The average Bonchev–Trinajstić information content (AvgIpc) is 2.83. The molecule has 94 valence electrons. The molecule has 1 unspecified atom stereocenters. The molecule has 2 nitrogen and oxygen atoms in total. The molecule has 3 atom stereocenters. The molecule has 1 aliphatic heterocycles. The number of hydrogen-bond donors (Lipinski definition) is 0. The van der Waals surface area contributed by atoms with E-state index in [1.165, 1.54) is 37.4 Å². The fraction of sp³-hybridized carbons (Fsp3) is 0.714. The summed E-state index contributed by atoms with van der Waals surface area (Å²) in [5.74, 6) is 2.41. The SMILES string of the molecule is CC[C@@H]1CC(/C=C2\SC(=O)N=C2C)C[C@@H]1CC. The topological polar surface area (TPSA) is 29.4 Å². The van der Waals surface area contributed by atoms with Gasteiger partial charge in [0.15, 0.2) is 0 Å². The van der Waals surface area contributed by atoms with E-state index in [0.29, 0.717) is 5.92 Å². The van der Waals surface area contributed by atoms with Gasteiger partial charge in [0.2, 0.25) is 0 Å². The molecular formula is C14H21NOS. The molecule has 0 aromatic rings. The third-order valence-electron chi connectivity index (χ3n) is 4.13. The first-order valence-electron chi connectivity index (χ1n) is 6.63. The predicted molar refractivity (Wildman–Crippen MR) is 74.5 cm³/mol. The van der Waals surface area contributed by atoms with Crippen LogP contribution in [0.25, 0.3) is 0 Å². The molecule has 2 rings (SSSR count). The van der Waals surface area contributed by atoms with E-state index in [4.69, 9.17) is 0 Å². The van der Waals surface area contributed by atoms with E-state index in [1.54, 1.807) is 0 Å².